The van der Waals surface area contributed by atoms with Crippen molar-refractivity contribution in [3.8, 4) is 0 Å². The van der Waals surface area contributed by atoms with Crippen LogP contribution in [0, 0.1) is 0 Å². The van der Waals surface area contributed by atoms with Crippen LogP contribution in [0.2, 0.25) is 0 Å². The summed E-state index contributed by atoms with van der Waals surface area (Å²) in [7, 11) is 1.78. The summed E-state index contributed by atoms with van der Waals surface area (Å²) in [5, 5.41) is 7.88. The van der Waals surface area contributed by atoms with E-state index in [9.17, 15) is 9.59 Å². The van der Waals surface area contributed by atoms with Crippen LogP contribution in [0.15, 0.2) is 46.7 Å². The lowest BCUT2D eigenvalue weighted by molar-refractivity contribution is -0.126. The SMILES string of the molecule is CSc1ccccc1NC(=O)CN(C)[C@@H](C)C(=O)NCCc1cccs1. The molecule has 140 valence electrons. The van der Waals surface area contributed by atoms with Gasteiger partial charge in [0.1, 0.15) is 0 Å². The maximum atomic E-state index is 12.3. The standard InChI is InChI=1S/C19H25N3O2S2/c1-14(19(24)20-11-10-15-7-6-12-26-15)22(2)13-18(23)21-16-8-4-5-9-17(16)25-3/h4-9,12,14H,10-11,13H2,1-3H3,(H,20,24)(H,21,23)/t14-/m0/s1. The molecule has 0 aliphatic rings. The van der Waals surface area contributed by atoms with E-state index in [0.29, 0.717) is 6.54 Å². The van der Waals surface area contributed by atoms with Crippen molar-refractivity contribution in [1.29, 1.82) is 0 Å². The number of rotatable bonds is 9. The summed E-state index contributed by atoms with van der Waals surface area (Å²) >= 11 is 3.27. The Kier molecular flexibility index (Phi) is 8.15. The van der Waals surface area contributed by atoms with Gasteiger partial charge in [0.15, 0.2) is 0 Å². The molecule has 1 heterocycles. The van der Waals surface area contributed by atoms with Crippen molar-refractivity contribution < 1.29 is 9.59 Å². The minimum Gasteiger partial charge on any atom is -0.354 e. The second-order valence-electron chi connectivity index (χ2n) is 5.96. The van der Waals surface area contributed by atoms with Crippen LogP contribution in [0.5, 0.6) is 0 Å². The average molecular weight is 392 g/mol. The van der Waals surface area contributed by atoms with Gasteiger partial charge in [0.2, 0.25) is 11.8 Å². The van der Waals surface area contributed by atoms with E-state index in [1.165, 1.54) is 4.88 Å². The number of carbonyl (C=O) groups excluding carboxylic acids is 2. The van der Waals surface area contributed by atoms with Crippen LogP contribution in [-0.2, 0) is 16.0 Å². The lowest BCUT2D eigenvalue weighted by atomic mass is 10.2. The molecule has 7 heteroatoms. The first-order chi connectivity index (χ1) is 12.5. The van der Waals surface area contributed by atoms with Gasteiger partial charge in [0.05, 0.1) is 18.3 Å². The van der Waals surface area contributed by atoms with E-state index in [4.69, 9.17) is 0 Å². The summed E-state index contributed by atoms with van der Waals surface area (Å²) < 4.78 is 0. The molecule has 0 spiro atoms. The fraction of sp³-hybridized carbons (Fsp3) is 0.368. The highest BCUT2D eigenvalue weighted by molar-refractivity contribution is 7.98. The van der Waals surface area contributed by atoms with E-state index < -0.39 is 0 Å². The van der Waals surface area contributed by atoms with Crippen molar-refractivity contribution in [3.05, 3.63) is 46.7 Å². The minimum atomic E-state index is -0.375. The van der Waals surface area contributed by atoms with E-state index in [2.05, 4.69) is 16.7 Å². The Morgan fingerprint density at radius 2 is 2.00 bits per heavy atom. The number of hydrogen-bond donors (Lipinski definition) is 2. The molecule has 0 saturated heterocycles. The van der Waals surface area contributed by atoms with Crippen LogP contribution < -0.4 is 10.6 Å². The summed E-state index contributed by atoms with van der Waals surface area (Å²) in [6, 6.07) is 11.4. The number of likely N-dealkylation sites (N-methyl/N-ethyl adjacent to an activating group) is 1. The van der Waals surface area contributed by atoms with E-state index in [0.717, 1.165) is 17.0 Å². The summed E-state index contributed by atoms with van der Waals surface area (Å²) in [5.74, 6) is -0.200. The Labute approximate surface area is 163 Å². The first-order valence-corrected chi connectivity index (χ1v) is 10.5. The molecular formula is C19H25N3O2S2. The number of amides is 2. The van der Waals surface area contributed by atoms with Gasteiger partial charge >= 0.3 is 0 Å². The summed E-state index contributed by atoms with van der Waals surface area (Å²) in [5.41, 5.74) is 0.798. The van der Waals surface area contributed by atoms with E-state index in [-0.39, 0.29) is 24.4 Å². The number of nitrogens with one attached hydrogen (secondary N) is 2. The van der Waals surface area contributed by atoms with Gasteiger partial charge in [-0.25, -0.2) is 0 Å². The van der Waals surface area contributed by atoms with E-state index in [1.54, 1.807) is 35.0 Å². The van der Waals surface area contributed by atoms with Gasteiger partial charge in [0, 0.05) is 16.3 Å². The van der Waals surface area contributed by atoms with E-state index >= 15 is 0 Å². The molecular weight excluding hydrogens is 366 g/mol. The quantitative estimate of drug-likeness (QED) is 0.645. The number of benzene rings is 1. The Bertz CT molecular complexity index is 719. The molecule has 0 aliphatic heterocycles. The van der Waals surface area contributed by atoms with Crippen molar-refractivity contribution in [1.82, 2.24) is 10.2 Å². The number of thioether (sulfide) groups is 1. The highest BCUT2D eigenvalue weighted by atomic mass is 32.2. The minimum absolute atomic E-state index is 0.0682. The number of anilines is 1. The number of para-hydroxylation sites is 1. The van der Waals surface area contributed by atoms with Gasteiger partial charge in [-0.1, -0.05) is 18.2 Å². The average Bonchev–Trinajstić information content (AvgIpc) is 3.14. The lowest BCUT2D eigenvalue weighted by Gasteiger charge is -2.23. The number of nitrogens with zero attached hydrogens (tertiary/aromatic N) is 1. The first-order valence-electron chi connectivity index (χ1n) is 8.44. The highest BCUT2D eigenvalue weighted by Gasteiger charge is 2.20. The zero-order valence-corrected chi connectivity index (χ0v) is 17.0. The maximum Gasteiger partial charge on any atom is 0.238 e. The summed E-state index contributed by atoms with van der Waals surface area (Å²) in [6.45, 7) is 2.57. The fourth-order valence-electron chi connectivity index (χ4n) is 2.41. The van der Waals surface area contributed by atoms with E-state index in [1.807, 2.05) is 48.9 Å². The largest absolute Gasteiger partial charge is 0.354 e. The monoisotopic (exact) mass is 391 g/mol. The molecule has 1 atom stereocenters. The van der Waals surface area contributed by atoms with Crippen molar-refractivity contribution in [3.63, 3.8) is 0 Å². The molecule has 0 aliphatic carbocycles. The normalized spacial score (nSPS) is 12.0. The molecule has 0 radical (unpaired) electrons. The van der Waals surface area contributed by atoms with Gasteiger partial charge < -0.3 is 10.6 Å². The smallest absolute Gasteiger partial charge is 0.238 e. The molecule has 26 heavy (non-hydrogen) atoms. The first kappa shape index (κ1) is 20.5. The molecule has 2 rings (SSSR count). The summed E-state index contributed by atoms with van der Waals surface area (Å²) in [4.78, 5) is 28.6. The van der Waals surface area contributed by atoms with Crippen LogP contribution in [0.4, 0.5) is 5.69 Å². The molecule has 2 aromatic rings. The predicted octanol–water partition coefficient (Wildman–Crippen LogP) is 3.09. The second-order valence-corrected chi connectivity index (χ2v) is 7.84. The fourth-order valence-corrected chi connectivity index (χ4v) is 3.68. The van der Waals surface area contributed by atoms with Crippen LogP contribution in [-0.4, -0.2) is 49.1 Å². The van der Waals surface area contributed by atoms with Gasteiger partial charge in [-0.2, -0.15) is 0 Å². The molecule has 1 aromatic heterocycles. The molecule has 0 unspecified atom stereocenters. The van der Waals surface area contributed by atoms with Gasteiger partial charge in [-0.3, -0.25) is 14.5 Å². The molecule has 2 N–H and O–H groups in total. The zero-order valence-electron chi connectivity index (χ0n) is 15.3. The third-order valence-electron chi connectivity index (χ3n) is 4.07. The number of hydrogen-bond acceptors (Lipinski definition) is 5. The van der Waals surface area contributed by atoms with Crippen molar-refractivity contribution >= 4 is 40.6 Å². The molecule has 5 nitrogen and oxygen atoms in total. The van der Waals surface area contributed by atoms with Crippen molar-refractivity contribution in [2.75, 3.05) is 31.7 Å². The highest BCUT2D eigenvalue weighted by Crippen LogP contribution is 2.24. The van der Waals surface area contributed by atoms with Gasteiger partial charge in [-0.15, -0.1) is 23.1 Å². The Morgan fingerprint density at radius 1 is 1.23 bits per heavy atom. The van der Waals surface area contributed by atoms with Crippen LogP contribution in [0.25, 0.3) is 0 Å². The molecule has 2 amide bonds. The second kappa shape index (κ2) is 10.4. The third kappa shape index (κ3) is 6.16. The van der Waals surface area contributed by atoms with Gasteiger partial charge in [0.25, 0.3) is 0 Å². The Balaban J connectivity index is 1.78. The lowest BCUT2D eigenvalue weighted by Crippen LogP contribution is -2.46. The van der Waals surface area contributed by atoms with Crippen molar-refractivity contribution in [2.45, 2.75) is 24.3 Å². The zero-order chi connectivity index (χ0) is 18.9. The summed E-state index contributed by atoms with van der Waals surface area (Å²) in [6.07, 6.45) is 2.80. The van der Waals surface area contributed by atoms with Crippen LogP contribution >= 0.6 is 23.1 Å². The number of thiophene rings is 1. The topological polar surface area (TPSA) is 61.4 Å². The Morgan fingerprint density at radius 3 is 2.69 bits per heavy atom. The Hall–Kier alpha value is -1.83. The molecule has 0 bridgehead atoms. The molecule has 0 saturated carbocycles. The predicted molar refractivity (Wildman–Crippen MR) is 110 cm³/mol. The number of carbonyl (C=O) groups is 2. The maximum absolute atomic E-state index is 12.3. The van der Waals surface area contributed by atoms with Gasteiger partial charge in [-0.05, 0) is 50.2 Å². The van der Waals surface area contributed by atoms with Crippen LogP contribution in [0.3, 0.4) is 0 Å². The van der Waals surface area contributed by atoms with Crippen molar-refractivity contribution in [2.24, 2.45) is 0 Å². The van der Waals surface area contributed by atoms with Crippen LogP contribution in [0.1, 0.15) is 11.8 Å². The molecule has 1 aromatic carbocycles. The molecule has 0 fully saturated rings. The third-order valence-corrected chi connectivity index (χ3v) is 5.80.